The third-order valence-electron chi connectivity index (χ3n) is 3.15. The molecule has 0 aliphatic heterocycles. The number of nitrogens with zero attached hydrogens (tertiary/aromatic N) is 1. The highest BCUT2D eigenvalue weighted by Gasteiger charge is 2.04. The number of carbonyl (C=O) groups excluding carboxylic acids is 2. The lowest BCUT2D eigenvalue weighted by atomic mass is 9.91. The summed E-state index contributed by atoms with van der Waals surface area (Å²) in [5.74, 6) is -1.04. The number of rotatable bonds is 5. The largest absolute Gasteiger partial charge is 0.508 e. The Labute approximate surface area is 145 Å². The highest BCUT2D eigenvalue weighted by Crippen LogP contribution is 2.08. The van der Waals surface area contributed by atoms with Crippen molar-refractivity contribution in [1.82, 2.24) is 10.9 Å². The van der Waals surface area contributed by atoms with E-state index >= 15 is 0 Å². The van der Waals surface area contributed by atoms with Crippen molar-refractivity contribution in [3.05, 3.63) is 65.2 Å². The number of hydrogen-bond acceptors (Lipinski definition) is 5. The molecule has 25 heavy (non-hydrogen) atoms. The van der Waals surface area contributed by atoms with E-state index in [9.17, 15) is 14.7 Å². The van der Waals surface area contributed by atoms with Crippen molar-refractivity contribution in [1.29, 1.82) is 0 Å². The zero-order valence-electron chi connectivity index (χ0n) is 13.0. The lowest BCUT2D eigenvalue weighted by Crippen LogP contribution is -2.18. The summed E-state index contributed by atoms with van der Waals surface area (Å²) in [6, 6.07) is 10.8. The first kappa shape index (κ1) is 18.0. The van der Waals surface area contributed by atoms with Gasteiger partial charge in [0.1, 0.15) is 13.6 Å². The molecule has 4 N–H and O–H groups in total. The molecular formula is C17H14BN3O4. The highest BCUT2D eigenvalue weighted by molar-refractivity contribution is 6.35. The van der Waals surface area contributed by atoms with Crippen LogP contribution in [0.2, 0.25) is 0 Å². The van der Waals surface area contributed by atoms with Gasteiger partial charge in [0.25, 0.3) is 11.8 Å². The zero-order valence-corrected chi connectivity index (χ0v) is 13.0. The number of hydrogen-bond donors (Lipinski definition) is 4. The molecule has 0 atom stereocenters. The summed E-state index contributed by atoms with van der Waals surface area (Å²) >= 11 is 0. The third kappa shape index (κ3) is 5.33. The normalized spacial score (nSPS) is 10.9. The van der Waals surface area contributed by atoms with Crippen LogP contribution in [0.5, 0.6) is 5.75 Å². The van der Waals surface area contributed by atoms with Crippen LogP contribution in [0.3, 0.4) is 0 Å². The van der Waals surface area contributed by atoms with Crippen LogP contribution in [-0.2, 0) is 4.79 Å². The van der Waals surface area contributed by atoms with E-state index in [4.69, 9.17) is 13.1 Å². The molecule has 124 valence electrons. The number of benzene rings is 2. The molecule has 0 fully saturated rings. The Morgan fingerprint density at radius 1 is 1.12 bits per heavy atom. The van der Waals surface area contributed by atoms with E-state index in [1.165, 1.54) is 36.0 Å². The fraction of sp³-hybridized carbons (Fsp3) is 0. The van der Waals surface area contributed by atoms with E-state index in [1.54, 1.807) is 24.3 Å². The van der Waals surface area contributed by atoms with E-state index in [2.05, 4.69) is 10.5 Å². The Balaban J connectivity index is 1.99. The second-order valence-electron chi connectivity index (χ2n) is 4.94. The van der Waals surface area contributed by atoms with Gasteiger partial charge in [-0.1, -0.05) is 23.7 Å². The Morgan fingerprint density at radius 3 is 2.52 bits per heavy atom. The molecule has 0 bridgehead atoms. The van der Waals surface area contributed by atoms with Gasteiger partial charge in [-0.25, -0.2) is 10.9 Å². The highest BCUT2D eigenvalue weighted by atomic mass is 16.5. The molecule has 0 saturated carbocycles. The van der Waals surface area contributed by atoms with E-state index in [1.807, 2.05) is 0 Å². The molecule has 8 heteroatoms. The third-order valence-corrected chi connectivity index (χ3v) is 3.15. The van der Waals surface area contributed by atoms with E-state index in [0.717, 1.165) is 6.08 Å². The first-order valence-electron chi connectivity index (χ1n) is 7.13. The molecule has 7 nitrogen and oxygen atoms in total. The van der Waals surface area contributed by atoms with Gasteiger partial charge >= 0.3 is 0 Å². The van der Waals surface area contributed by atoms with Crippen LogP contribution in [0.15, 0.2) is 53.6 Å². The molecule has 2 radical (unpaired) electrons. The number of aromatic hydroxyl groups is 1. The molecule has 0 aliphatic carbocycles. The predicted molar refractivity (Wildman–Crippen MR) is 94.0 cm³/mol. The Kier molecular flexibility index (Phi) is 6.08. The minimum atomic E-state index is -0.651. The summed E-state index contributed by atoms with van der Waals surface area (Å²) < 4.78 is 0. The molecule has 0 unspecified atom stereocenters. The molecular weight excluding hydrogens is 321 g/mol. The van der Waals surface area contributed by atoms with Gasteiger partial charge < -0.3 is 5.11 Å². The van der Waals surface area contributed by atoms with Crippen LogP contribution >= 0.6 is 0 Å². The Hall–Kier alpha value is -3.39. The molecule has 2 aromatic carbocycles. The second-order valence-corrected chi connectivity index (χ2v) is 4.94. The molecule has 0 aliphatic rings. The monoisotopic (exact) mass is 335 g/mol. The number of phenols is 1. The SMILES string of the molecule is [B]c1ccc(O)cc1/C=N/NC(=O)c1ccc(/C=C/C(=O)NO)cc1. The summed E-state index contributed by atoms with van der Waals surface area (Å²) in [6.07, 6.45) is 3.96. The van der Waals surface area contributed by atoms with Crippen molar-refractivity contribution in [2.45, 2.75) is 0 Å². The topological polar surface area (TPSA) is 111 Å². The van der Waals surface area contributed by atoms with Crippen LogP contribution in [-0.4, -0.2) is 36.2 Å². The fourth-order valence-electron chi connectivity index (χ4n) is 1.85. The van der Waals surface area contributed by atoms with Gasteiger partial charge in [-0.05, 0) is 41.5 Å². The van der Waals surface area contributed by atoms with Crippen LogP contribution in [0.1, 0.15) is 21.5 Å². The minimum absolute atomic E-state index is 0.0421. The van der Waals surface area contributed by atoms with Crippen molar-refractivity contribution in [2.24, 2.45) is 5.10 Å². The maximum atomic E-state index is 12.0. The smallest absolute Gasteiger partial charge is 0.271 e. The maximum Gasteiger partial charge on any atom is 0.271 e. The summed E-state index contributed by atoms with van der Waals surface area (Å²) in [7, 11) is 5.73. The van der Waals surface area contributed by atoms with Crippen LogP contribution in [0.4, 0.5) is 0 Å². The zero-order chi connectivity index (χ0) is 18.2. The average Bonchev–Trinajstić information content (AvgIpc) is 2.62. The lowest BCUT2D eigenvalue weighted by Gasteiger charge is -2.02. The van der Waals surface area contributed by atoms with Crippen molar-refractivity contribution < 1.29 is 19.9 Å². The Bertz CT molecular complexity index is 832. The number of nitrogens with one attached hydrogen (secondary N) is 2. The van der Waals surface area contributed by atoms with Gasteiger partial charge in [0, 0.05) is 11.6 Å². The predicted octanol–water partition coefficient (Wildman–Crippen LogP) is 0.468. The molecule has 0 saturated heterocycles. The van der Waals surface area contributed by atoms with Crippen LogP contribution in [0.25, 0.3) is 6.08 Å². The standard InChI is InChI=1S/C17H14BN3O4/c18-15-7-6-14(22)9-13(15)10-19-20-17(24)12-4-1-11(2-5-12)3-8-16(23)21-25/h1-10,22,25H,(H,20,24)(H,21,23)/b8-3+,19-10+. The fourth-order valence-corrected chi connectivity index (χ4v) is 1.85. The van der Waals surface area contributed by atoms with Crippen LogP contribution < -0.4 is 16.4 Å². The molecule has 2 aromatic rings. The molecule has 0 aromatic heterocycles. The van der Waals surface area contributed by atoms with E-state index < -0.39 is 11.8 Å². The quantitative estimate of drug-likeness (QED) is 0.209. The van der Waals surface area contributed by atoms with Gasteiger partial charge in [-0.15, -0.1) is 0 Å². The van der Waals surface area contributed by atoms with Crippen LogP contribution in [0, 0.1) is 0 Å². The summed E-state index contributed by atoms with van der Waals surface area (Å²) in [5, 5.41) is 21.6. The summed E-state index contributed by atoms with van der Waals surface area (Å²) in [6.45, 7) is 0. The minimum Gasteiger partial charge on any atom is -0.508 e. The van der Waals surface area contributed by atoms with Gasteiger partial charge in [0.15, 0.2) is 0 Å². The molecule has 0 spiro atoms. The number of phenolic OH excluding ortho intramolecular Hbond substituents is 1. The number of carbonyl (C=O) groups is 2. The summed E-state index contributed by atoms with van der Waals surface area (Å²) in [5.41, 5.74) is 5.76. The van der Waals surface area contributed by atoms with Gasteiger partial charge in [-0.2, -0.15) is 5.10 Å². The van der Waals surface area contributed by atoms with Gasteiger partial charge in [0.05, 0.1) is 6.21 Å². The number of hydroxylamine groups is 1. The maximum absolute atomic E-state index is 12.0. The van der Waals surface area contributed by atoms with Crippen molar-refractivity contribution in [3.63, 3.8) is 0 Å². The number of amides is 2. The average molecular weight is 335 g/mol. The number of hydrazone groups is 1. The molecule has 2 rings (SSSR count). The first-order valence-corrected chi connectivity index (χ1v) is 7.13. The second kappa shape index (κ2) is 8.46. The van der Waals surface area contributed by atoms with E-state index in [0.29, 0.717) is 22.2 Å². The van der Waals surface area contributed by atoms with Crippen molar-refractivity contribution >= 4 is 37.4 Å². The molecule has 2 amide bonds. The van der Waals surface area contributed by atoms with Crippen molar-refractivity contribution in [2.75, 3.05) is 0 Å². The molecule has 0 heterocycles. The van der Waals surface area contributed by atoms with Gasteiger partial charge in [0.2, 0.25) is 0 Å². The first-order chi connectivity index (χ1) is 12.0. The van der Waals surface area contributed by atoms with E-state index in [-0.39, 0.29) is 5.75 Å². The van der Waals surface area contributed by atoms with Gasteiger partial charge in [-0.3, -0.25) is 14.8 Å². The lowest BCUT2D eigenvalue weighted by molar-refractivity contribution is -0.124. The summed E-state index contributed by atoms with van der Waals surface area (Å²) in [4.78, 5) is 22.9. The van der Waals surface area contributed by atoms with Crippen molar-refractivity contribution in [3.8, 4) is 5.75 Å². The Morgan fingerprint density at radius 2 is 1.84 bits per heavy atom.